The fourth-order valence-corrected chi connectivity index (χ4v) is 5.63. The van der Waals surface area contributed by atoms with Crippen LogP contribution in [0.1, 0.15) is 37.8 Å². The van der Waals surface area contributed by atoms with Crippen LogP contribution < -0.4 is 4.74 Å². The lowest BCUT2D eigenvalue weighted by molar-refractivity contribution is -0.157. The summed E-state index contributed by atoms with van der Waals surface area (Å²) in [5.41, 5.74) is 1.84. The molecule has 1 saturated carbocycles. The van der Waals surface area contributed by atoms with Crippen molar-refractivity contribution in [3.05, 3.63) is 50.9 Å². The van der Waals surface area contributed by atoms with Gasteiger partial charge in [-0.05, 0) is 61.7 Å². The van der Waals surface area contributed by atoms with E-state index in [-0.39, 0.29) is 29.5 Å². The minimum Gasteiger partial charge on any atom is -0.497 e. The van der Waals surface area contributed by atoms with Gasteiger partial charge in [-0.25, -0.2) is 4.98 Å². The summed E-state index contributed by atoms with van der Waals surface area (Å²) in [6, 6.07) is 8.05. The first-order valence-corrected chi connectivity index (χ1v) is 11.2. The van der Waals surface area contributed by atoms with Gasteiger partial charge in [-0.1, -0.05) is 27.5 Å². The highest BCUT2D eigenvalue weighted by Gasteiger charge is 2.55. The molecule has 2 aromatic heterocycles. The molecule has 2 aliphatic rings. The van der Waals surface area contributed by atoms with E-state index in [1.807, 2.05) is 32.2 Å². The molecule has 0 bridgehead atoms. The van der Waals surface area contributed by atoms with Crippen molar-refractivity contribution in [3.8, 4) is 5.75 Å². The Labute approximate surface area is 192 Å². The third-order valence-electron chi connectivity index (χ3n) is 5.85. The number of hydrogen-bond acceptors (Lipinski definition) is 5. The lowest BCUT2D eigenvalue weighted by atomic mass is 9.95. The van der Waals surface area contributed by atoms with Gasteiger partial charge in [-0.15, -0.1) is 0 Å². The smallest absolute Gasteiger partial charge is 0.225 e. The second-order valence-electron chi connectivity index (χ2n) is 8.14. The number of aromatic nitrogens is 3. The van der Waals surface area contributed by atoms with Gasteiger partial charge in [0.15, 0.2) is 5.79 Å². The van der Waals surface area contributed by atoms with Crippen molar-refractivity contribution < 1.29 is 14.2 Å². The van der Waals surface area contributed by atoms with E-state index in [1.54, 1.807) is 7.11 Å². The van der Waals surface area contributed by atoms with Crippen molar-refractivity contribution in [1.29, 1.82) is 0 Å². The third kappa shape index (κ3) is 3.41. The molecule has 6 nitrogen and oxygen atoms in total. The highest BCUT2D eigenvalue weighted by molar-refractivity contribution is 9.10. The van der Waals surface area contributed by atoms with Crippen LogP contribution in [0.15, 0.2) is 34.9 Å². The molecule has 1 aliphatic carbocycles. The Balaban J connectivity index is 1.60. The first-order chi connectivity index (χ1) is 14.3. The summed E-state index contributed by atoms with van der Waals surface area (Å²) in [6.45, 7) is 3.90. The van der Waals surface area contributed by atoms with Crippen LogP contribution in [0.4, 0.5) is 0 Å². The van der Waals surface area contributed by atoms with Gasteiger partial charge in [0.1, 0.15) is 22.7 Å². The summed E-state index contributed by atoms with van der Waals surface area (Å²) in [4.78, 5) is 8.49. The van der Waals surface area contributed by atoms with E-state index in [4.69, 9.17) is 37.4 Å². The normalized spacial score (nSPS) is 27.5. The van der Waals surface area contributed by atoms with E-state index >= 15 is 0 Å². The average Bonchev–Trinajstić information content (AvgIpc) is 3.31. The Morgan fingerprint density at radius 1 is 1.17 bits per heavy atom. The minimum atomic E-state index is -0.671. The van der Waals surface area contributed by atoms with Crippen molar-refractivity contribution in [1.82, 2.24) is 14.5 Å². The van der Waals surface area contributed by atoms with Gasteiger partial charge in [0.05, 0.1) is 24.6 Å². The maximum Gasteiger partial charge on any atom is 0.225 e. The van der Waals surface area contributed by atoms with Gasteiger partial charge in [0.25, 0.3) is 0 Å². The molecule has 3 aromatic rings. The summed E-state index contributed by atoms with van der Waals surface area (Å²) in [7, 11) is 1.67. The van der Waals surface area contributed by atoms with Gasteiger partial charge in [-0.3, -0.25) is 0 Å². The zero-order valence-electron chi connectivity index (χ0n) is 16.6. The Bertz CT molecular complexity index is 1140. The Kier molecular flexibility index (Phi) is 5.02. The van der Waals surface area contributed by atoms with E-state index in [0.717, 1.165) is 27.6 Å². The molecule has 2 fully saturated rings. The van der Waals surface area contributed by atoms with Crippen LogP contribution in [0.5, 0.6) is 5.75 Å². The van der Waals surface area contributed by atoms with Crippen LogP contribution in [-0.2, 0) is 9.47 Å². The molecule has 0 spiro atoms. The Morgan fingerprint density at radius 3 is 2.70 bits per heavy atom. The molecule has 30 heavy (non-hydrogen) atoms. The van der Waals surface area contributed by atoms with Crippen molar-refractivity contribution in [2.45, 2.75) is 50.2 Å². The maximum absolute atomic E-state index is 6.36. The van der Waals surface area contributed by atoms with E-state index in [0.29, 0.717) is 10.8 Å². The Hall–Kier alpha value is -1.38. The monoisotopic (exact) mass is 511 g/mol. The first kappa shape index (κ1) is 20.5. The molecule has 0 N–H and O–H groups in total. The molecule has 0 unspecified atom stereocenters. The van der Waals surface area contributed by atoms with Crippen LogP contribution in [0.3, 0.4) is 0 Å². The molecule has 0 amide bonds. The van der Waals surface area contributed by atoms with Crippen LogP contribution in [0.25, 0.3) is 11.0 Å². The summed E-state index contributed by atoms with van der Waals surface area (Å²) in [5, 5.41) is 1.23. The Morgan fingerprint density at radius 2 is 1.93 bits per heavy atom. The van der Waals surface area contributed by atoms with E-state index < -0.39 is 5.79 Å². The molecule has 5 rings (SSSR count). The third-order valence-corrected chi connectivity index (χ3v) is 6.76. The first-order valence-electron chi connectivity index (χ1n) is 9.65. The van der Waals surface area contributed by atoms with Crippen LogP contribution >= 0.6 is 39.1 Å². The van der Waals surface area contributed by atoms with Crippen LogP contribution in [-0.4, -0.2) is 39.6 Å². The minimum absolute atomic E-state index is 0.00582. The average molecular weight is 513 g/mol. The number of rotatable bonds is 3. The lowest BCUT2D eigenvalue weighted by Crippen LogP contribution is -2.27. The van der Waals surface area contributed by atoms with Crippen molar-refractivity contribution in [3.63, 3.8) is 0 Å². The molecule has 0 radical (unpaired) electrons. The zero-order valence-corrected chi connectivity index (χ0v) is 19.7. The maximum atomic E-state index is 6.36. The number of nitrogens with zero attached hydrogens (tertiary/aromatic N) is 3. The van der Waals surface area contributed by atoms with Crippen molar-refractivity contribution in [2.75, 3.05) is 7.11 Å². The second-order valence-corrected chi connectivity index (χ2v) is 9.75. The molecule has 3 heterocycles. The fourth-order valence-electron chi connectivity index (χ4n) is 4.71. The second kappa shape index (κ2) is 7.35. The molecule has 1 saturated heterocycles. The predicted octanol–water partition coefficient (Wildman–Crippen LogP) is 5.76. The fraction of sp³-hybridized carbons (Fsp3) is 0.429. The van der Waals surface area contributed by atoms with Crippen LogP contribution in [0, 0.1) is 0 Å². The number of halogens is 3. The highest BCUT2D eigenvalue weighted by atomic mass is 79.9. The van der Waals surface area contributed by atoms with Gasteiger partial charge < -0.3 is 18.8 Å². The largest absolute Gasteiger partial charge is 0.497 e. The standard InChI is InChI=1S/C21H20BrCl2N3O3/c1-21(2)29-16-14(10-6-11(22)8-12(7-10)28-3)9-15(17(16)30-21)27-5-4-13-18(23)25-20(24)26-19(13)27/h4-8,14-17H,9H2,1-3H3/t14-,15-,16-,17+/m1/s1. The van der Waals surface area contributed by atoms with E-state index in [2.05, 4.69) is 42.6 Å². The topological polar surface area (TPSA) is 58.4 Å². The highest BCUT2D eigenvalue weighted by Crippen LogP contribution is 2.52. The summed E-state index contributed by atoms with van der Waals surface area (Å²) in [5.74, 6) is 0.254. The van der Waals surface area contributed by atoms with Crippen LogP contribution in [0.2, 0.25) is 10.4 Å². The number of benzene rings is 1. The van der Waals surface area contributed by atoms with Gasteiger partial charge >= 0.3 is 0 Å². The lowest BCUT2D eigenvalue weighted by Gasteiger charge is -2.25. The molecule has 158 valence electrons. The number of ether oxygens (including phenoxy) is 3. The predicted molar refractivity (Wildman–Crippen MR) is 118 cm³/mol. The molecule has 9 heteroatoms. The molecular formula is C21H20BrCl2N3O3. The molecule has 1 aromatic carbocycles. The van der Waals surface area contributed by atoms with Gasteiger partial charge in [0, 0.05) is 16.6 Å². The van der Waals surface area contributed by atoms with Gasteiger partial charge in [0.2, 0.25) is 5.28 Å². The quantitative estimate of drug-likeness (QED) is 0.330. The number of methoxy groups -OCH3 is 1. The van der Waals surface area contributed by atoms with E-state index in [1.165, 1.54) is 0 Å². The summed E-state index contributed by atoms with van der Waals surface area (Å²) in [6.07, 6.45) is 2.54. The SMILES string of the molecule is COc1cc(Br)cc([C@H]2C[C@@H](n3ccc4c(Cl)nc(Cl)nc43)[C@@H]3OC(C)(C)O[C@@H]32)c1. The zero-order chi connectivity index (χ0) is 21.2. The molecule has 1 aliphatic heterocycles. The number of fused-ring (bicyclic) bond motifs is 2. The van der Waals surface area contributed by atoms with E-state index in [9.17, 15) is 0 Å². The van der Waals surface area contributed by atoms with Crippen molar-refractivity contribution in [2.24, 2.45) is 0 Å². The van der Waals surface area contributed by atoms with Crippen molar-refractivity contribution >= 4 is 50.2 Å². The van der Waals surface area contributed by atoms with Gasteiger partial charge in [-0.2, -0.15) is 4.98 Å². The molecular weight excluding hydrogens is 493 g/mol. The number of hydrogen-bond donors (Lipinski definition) is 0. The summed E-state index contributed by atoms with van der Waals surface area (Å²) < 4.78 is 21.3. The summed E-state index contributed by atoms with van der Waals surface area (Å²) >= 11 is 16.0. The molecule has 4 atom stereocenters.